The van der Waals surface area contributed by atoms with Crippen LogP contribution in [0.5, 0.6) is 0 Å². The SMILES string of the molecule is C=CC(=O)OC[C@@H]1C[C@H](O)CCO1. The molecule has 1 aliphatic rings. The average molecular weight is 186 g/mol. The van der Waals surface area contributed by atoms with Crippen molar-refractivity contribution < 1.29 is 19.4 Å². The Kier molecular flexibility index (Phi) is 3.92. The minimum absolute atomic E-state index is 0.173. The summed E-state index contributed by atoms with van der Waals surface area (Å²) >= 11 is 0. The van der Waals surface area contributed by atoms with Gasteiger partial charge in [0.1, 0.15) is 6.61 Å². The molecule has 0 aromatic carbocycles. The lowest BCUT2D eigenvalue weighted by Gasteiger charge is -2.25. The smallest absolute Gasteiger partial charge is 0.330 e. The third-order valence-electron chi connectivity index (χ3n) is 1.92. The van der Waals surface area contributed by atoms with Gasteiger partial charge in [-0.1, -0.05) is 6.58 Å². The van der Waals surface area contributed by atoms with Crippen LogP contribution in [0.1, 0.15) is 12.8 Å². The highest BCUT2D eigenvalue weighted by Gasteiger charge is 2.21. The molecule has 1 N–H and O–H groups in total. The molecule has 2 atom stereocenters. The van der Waals surface area contributed by atoms with Crippen molar-refractivity contribution in [1.29, 1.82) is 0 Å². The summed E-state index contributed by atoms with van der Waals surface area (Å²) in [4.78, 5) is 10.7. The van der Waals surface area contributed by atoms with E-state index in [2.05, 4.69) is 6.58 Å². The largest absolute Gasteiger partial charge is 0.460 e. The summed E-state index contributed by atoms with van der Waals surface area (Å²) in [6.07, 6.45) is 1.80. The molecule has 13 heavy (non-hydrogen) atoms. The Morgan fingerprint density at radius 2 is 2.54 bits per heavy atom. The average Bonchev–Trinajstić information content (AvgIpc) is 2.14. The van der Waals surface area contributed by atoms with Crippen molar-refractivity contribution in [2.24, 2.45) is 0 Å². The van der Waals surface area contributed by atoms with Gasteiger partial charge >= 0.3 is 5.97 Å². The van der Waals surface area contributed by atoms with Crippen molar-refractivity contribution >= 4 is 5.97 Å². The first-order valence-electron chi connectivity index (χ1n) is 4.31. The summed E-state index contributed by atoms with van der Waals surface area (Å²) in [5.41, 5.74) is 0. The number of hydrogen-bond acceptors (Lipinski definition) is 4. The van der Waals surface area contributed by atoms with E-state index in [0.717, 1.165) is 6.08 Å². The van der Waals surface area contributed by atoms with Crippen molar-refractivity contribution in [2.75, 3.05) is 13.2 Å². The van der Waals surface area contributed by atoms with Crippen LogP contribution < -0.4 is 0 Å². The van der Waals surface area contributed by atoms with Crippen molar-refractivity contribution in [1.82, 2.24) is 0 Å². The van der Waals surface area contributed by atoms with Gasteiger partial charge in [0.15, 0.2) is 0 Å². The summed E-state index contributed by atoms with van der Waals surface area (Å²) in [6, 6.07) is 0. The molecule has 0 amide bonds. The van der Waals surface area contributed by atoms with Crippen LogP contribution in [0.4, 0.5) is 0 Å². The number of esters is 1. The lowest BCUT2D eigenvalue weighted by atomic mass is 10.1. The Hall–Kier alpha value is -0.870. The van der Waals surface area contributed by atoms with Crippen LogP contribution in [-0.2, 0) is 14.3 Å². The Labute approximate surface area is 77.1 Å². The van der Waals surface area contributed by atoms with Crippen LogP contribution in [0.2, 0.25) is 0 Å². The number of carbonyl (C=O) groups is 1. The van der Waals surface area contributed by atoms with Crippen molar-refractivity contribution in [3.63, 3.8) is 0 Å². The van der Waals surface area contributed by atoms with E-state index in [-0.39, 0.29) is 18.8 Å². The van der Waals surface area contributed by atoms with Crippen molar-refractivity contribution in [3.05, 3.63) is 12.7 Å². The van der Waals surface area contributed by atoms with E-state index in [1.165, 1.54) is 0 Å². The van der Waals surface area contributed by atoms with Gasteiger partial charge in [-0.15, -0.1) is 0 Å². The highest BCUT2D eigenvalue weighted by atomic mass is 16.6. The minimum atomic E-state index is -0.455. The molecule has 0 spiro atoms. The van der Waals surface area contributed by atoms with Crippen LogP contribution in [-0.4, -0.2) is 36.5 Å². The van der Waals surface area contributed by atoms with Crippen LogP contribution in [0.15, 0.2) is 12.7 Å². The Bertz CT molecular complexity index is 190. The maximum absolute atomic E-state index is 10.7. The molecule has 0 aromatic rings. The van der Waals surface area contributed by atoms with Gasteiger partial charge in [-0.25, -0.2) is 4.79 Å². The quantitative estimate of drug-likeness (QED) is 0.507. The summed E-state index contributed by atoms with van der Waals surface area (Å²) < 4.78 is 10.1. The molecule has 1 fully saturated rings. The topological polar surface area (TPSA) is 55.8 Å². The van der Waals surface area contributed by atoms with E-state index in [4.69, 9.17) is 9.47 Å². The second-order valence-electron chi connectivity index (χ2n) is 3.01. The molecule has 74 valence electrons. The predicted molar refractivity (Wildman–Crippen MR) is 46.1 cm³/mol. The summed E-state index contributed by atoms with van der Waals surface area (Å²) in [5.74, 6) is -0.455. The van der Waals surface area contributed by atoms with Gasteiger partial charge in [-0.2, -0.15) is 0 Å². The first-order valence-corrected chi connectivity index (χ1v) is 4.31. The third-order valence-corrected chi connectivity index (χ3v) is 1.92. The molecule has 1 heterocycles. The van der Waals surface area contributed by atoms with Gasteiger partial charge in [0.25, 0.3) is 0 Å². The maximum Gasteiger partial charge on any atom is 0.330 e. The number of aliphatic hydroxyl groups excluding tert-OH is 1. The van der Waals surface area contributed by atoms with Gasteiger partial charge in [0, 0.05) is 19.1 Å². The predicted octanol–water partition coefficient (Wildman–Crippen LogP) is 0.255. The molecule has 4 nitrogen and oxygen atoms in total. The maximum atomic E-state index is 10.7. The molecule has 4 heteroatoms. The highest BCUT2D eigenvalue weighted by molar-refractivity contribution is 5.81. The highest BCUT2D eigenvalue weighted by Crippen LogP contribution is 2.13. The monoisotopic (exact) mass is 186 g/mol. The van der Waals surface area contributed by atoms with Gasteiger partial charge in [0.05, 0.1) is 12.2 Å². The zero-order valence-electron chi connectivity index (χ0n) is 7.44. The van der Waals surface area contributed by atoms with E-state index in [9.17, 15) is 9.90 Å². The molecule has 0 saturated carbocycles. The lowest BCUT2D eigenvalue weighted by molar-refractivity contribution is -0.145. The standard InChI is InChI=1S/C9H14O4/c1-2-9(11)13-6-8-5-7(10)3-4-12-8/h2,7-8,10H,1,3-6H2/t7-,8+/m1/s1. The minimum Gasteiger partial charge on any atom is -0.460 e. The molecular formula is C9H14O4. The van der Waals surface area contributed by atoms with Crippen molar-refractivity contribution in [3.8, 4) is 0 Å². The number of ether oxygens (including phenoxy) is 2. The van der Waals surface area contributed by atoms with Gasteiger partial charge in [0.2, 0.25) is 0 Å². The molecule has 1 saturated heterocycles. The molecule has 0 radical (unpaired) electrons. The first kappa shape index (κ1) is 10.2. The summed E-state index contributed by atoms with van der Waals surface area (Å²) in [5, 5.41) is 9.26. The third kappa shape index (κ3) is 3.57. The Morgan fingerprint density at radius 3 is 3.15 bits per heavy atom. The van der Waals surface area contributed by atoms with E-state index in [0.29, 0.717) is 19.4 Å². The van der Waals surface area contributed by atoms with Crippen LogP contribution in [0.25, 0.3) is 0 Å². The van der Waals surface area contributed by atoms with E-state index in [1.807, 2.05) is 0 Å². The number of hydrogen-bond donors (Lipinski definition) is 1. The fourth-order valence-corrected chi connectivity index (χ4v) is 1.21. The number of aliphatic hydroxyl groups is 1. The summed E-state index contributed by atoms with van der Waals surface area (Å²) in [7, 11) is 0. The van der Waals surface area contributed by atoms with Gasteiger partial charge < -0.3 is 14.6 Å². The van der Waals surface area contributed by atoms with Gasteiger partial charge in [-0.3, -0.25) is 0 Å². The van der Waals surface area contributed by atoms with E-state index in [1.54, 1.807) is 0 Å². The molecule has 0 aromatic heterocycles. The van der Waals surface area contributed by atoms with Crippen molar-refractivity contribution in [2.45, 2.75) is 25.0 Å². The second kappa shape index (κ2) is 4.99. The zero-order valence-corrected chi connectivity index (χ0v) is 7.44. The Balaban J connectivity index is 2.20. The first-order chi connectivity index (χ1) is 6.22. The van der Waals surface area contributed by atoms with Crippen LogP contribution >= 0.6 is 0 Å². The molecule has 0 aliphatic carbocycles. The molecule has 1 rings (SSSR count). The van der Waals surface area contributed by atoms with Crippen LogP contribution in [0.3, 0.4) is 0 Å². The zero-order chi connectivity index (χ0) is 9.68. The number of carbonyl (C=O) groups excluding carboxylic acids is 1. The fourth-order valence-electron chi connectivity index (χ4n) is 1.21. The van der Waals surface area contributed by atoms with E-state index >= 15 is 0 Å². The molecule has 1 aliphatic heterocycles. The Morgan fingerprint density at radius 1 is 1.77 bits per heavy atom. The summed E-state index contributed by atoms with van der Waals surface area (Å²) in [6.45, 7) is 4.00. The van der Waals surface area contributed by atoms with Crippen LogP contribution in [0, 0.1) is 0 Å². The number of rotatable bonds is 3. The normalized spacial score (nSPS) is 28.1. The lowest BCUT2D eigenvalue weighted by Crippen LogP contribution is -2.32. The molecule has 0 unspecified atom stereocenters. The van der Waals surface area contributed by atoms with Gasteiger partial charge in [-0.05, 0) is 6.42 Å². The second-order valence-corrected chi connectivity index (χ2v) is 3.01. The van der Waals surface area contributed by atoms with E-state index < -0.39 is 5.97 Å². The fraction of sp³-hybridized carbons (Fsp3) is 0.667. The molecular weight excluding hydrogens is 172 g/mol. The molecule has 0 bridgehead atoms.